The van der Waals surface area contributed by atoms with Gasteiger partial charge in [0.05, 0.1) is 33.3 Å². The maximum absolute atomic E-state index is 5.48. The van der Waals surface area contributed by atoms with Crippen LogP contribution in [0, 0.1) is 0 Å². The van der Waals surface area contributed by atoms with Gasteiger partial charge in [0.25, 0.3) is 0 Å². The number of hydrogen-bond donors (Lipinski definition) is 0. The number of fused-ring (bicyclic) bond motifs is 10. The summed E-state index contributed by atoms with van der Waals surface area (Å²) in [5, 5.41) is 8.66. The van der Waals surface area contributed by atoms with Gasteiger partial charge < -0.3 is 9.13 Å². The molecule has 0 aliphatic carbocycles. The minimum Gasteiger partial charge on any atom is -0.309 e. The highest BCUT2D eigenvalue weighted by Gasteiger charge is 2.25. The largest absolute Gasteiger partial charge is 0.309 e. The minimum absolute atomic E-state index is 1.01. The molecule has 0 N–H and O–H groups in total. The summed E-state index contributed by atoms with van der Waals surface area (Å²) in [5.74, 6) is 0. The molecule has 4 heterocycles. The Morgan fingerprint density at radius 2 is 0.847 bits per heavy atom. The maximum atomic E-state index is 5.48. The van der Waals surface area contributed by atoms with Crippen molar-refractivity contribution in [3.05, 3.63) is 200 Å². The fourth-order valence-corrected chi connectivity index (χ4v) is 10.8. The van der Waals surface area contributed by atoms with Crippen LogP contribution in [0.2, 0.25) is 0 Å². The van der Waals surface area contributed by atoms with Gasteiger partial charge in [0.1, 0.15) is 0 Å². The first-order valence-corrected chi connectivity index (χ1v) is 20.9. The first-order valence-electron chi connectivity index (χ1n) is 20.1. The van der Waals surface area contributed by atoms with Gasteiger partial charge in [-0.3, -0.25) is 0 Å². The summed E-state index contributed by atoms with van der Waals surface area (Å²) in [5.41, 5.74) is 15.2. The van der Waals surface area contributed by atoms with Gasteiger partial charge in [-0.05, 0) is 107 Å². The van der Waals surface area contributed by atoms with Crippen LogP contribution in [0.25, 0.3) is 110 Å². The highest BCUT2D eigenvalue weighted by molar-refractivity contribution is 7.99. The van der Waals surface area contributed by atoms with Gasteiger partial charge in [-0.15, -0.1) is 0 Å². The van der Waals surface area contributed by atoms with Crippen molar-refractivity contribution >= 4 is 77.0 Å². The highest BCUT2D eigenvalue weighted by atomic mass is 32.2. The predicted octanol–water partition coefficient (Wildman–Crippen LogP) is 15.0. The number of rotatable bonds is 4. The molecule has 0 saturated carbocycles. The summed E-state index contributed by atoms with van der Waals surface area (Å²) >= 11 is 1.86. The van der Waals surface area contributed by atoms with Crippen molar-refractivity contribution in [3.63, 3.8) is 0 Å². The summed E-state index contributed by atoms with van der Waals surface area (Å²) in [7, 11) is 0. The molecule has 0 saturated heterocycles. The van der Waals surface area contributed by atoms with Crippen molar-refractivity contribution in [2.24, 2.45) is 0 Å². The van der Waals surface area contributed by atoms with Crippen LogP contribution >= 0.6 is 11.8 Å². The Morgan fingerprint density at radius 1 is 0.339 bits per heavy atom. The Kier molecular flexibility index (Phi) is 6.95. The van der Waals surface area contributed by atoms with Gasteiger partial charge in [0.2, 0.25) is 0 Å². The lowest BCUT2D eigenvalue weighted by Gasteiger charge is -2.23. The molecule has 1 aliphatic rings. The van der Waals surface area contributed by atoms with Gasteiger partial charge in [0.15, 0.2) is 0 Å². The van der Waals surface area contributed by atoms with E-state index in [4.69, 9.17) is 4.98 Å². The predicted molar refractivity (Wildman–Crippen MR) is 248 cm³/mol. The second kappa shape index (κ2) is 12.5. The van der Waals surface area contributed by atoms with Crippen LogP contribution < -0.4 is 0 Å². The first kappa shape index (κ1) is 32.7. The van der Waals surface area contributed by atoms with Crippen molar-refractivity contribution in [1.82, 2.24) is 14.1 Å². The minimum atomic E-state index is 1.01. The van der Waals surface area contributed by atoms with Crippen LogP contribution in [0.15, 0.2) is 210 Å². The number of nitrogens with zero attached hydrogens (tertiary/aromatic N) is 3. The van der Waals surface area contributed by atoms with Crippen LogP contribution in [0.3, 0.4) is 0 Å². The lowest BCUT2D eigenvalue weighted by molar-refractivity contribution is 1.18. The van der Waals surface area contributed by atoms with Crippen molar-refractivity contribution in [2.75, 3.05) is 0 Å². The Labute approximate surface area is 344 Å². The lowest BCUT2D eigenvalue weighted by Crippen LogP contribution is -1.99. The third-order valence-electron chi connectivity index (χ3n) is 12.3. The molecule has 0 unspecified atom stereocenters. The molecule has 9 aromatic carbocycles. The average Bonchev–Trinajstić information content (AvgIpc) is 3.82. The molecule has 3 nitrogen and oxygen atoms in total. The summed E-state index contributed by atoms with van der Waals surface area (Å²) < 4.78 is 4.76. The summed E-state index contributed by atoms with van der Waals surface area (Å²) in [6.45, 7) is 0. The fourth-order valence-electron chi connectivity index (χ4n) is 9.68. The van der Waals surface area contributed by atoms with Crippen LogP contribution in [0.4, 0.5) is 0 Å². The van der Waals surface area contributed by atoms with Crippen molar-refractivity contribution in [2.45, 2.75) is 9.79 Å². The third-order valence-corrected chi connectivity index (χ3v) is 13.4. The molecular weight excluding hydrogens is 735 g/mol. The molecule has 0 amide bonds. The standard InChI is InChI=1S/C55H33N3S/c1-3-13-37(14-4-1)57-47-21-11-8-17-40(47)43-31-34(23-27-49(43)57)35-25-29-51-45(32-35)55-54-52(59-51)30-26-39(53(54)42-19-7-10-20-46(42)56-55)36-24-28-50-44(33-36)41-18-9-12-22-48(41)58(50)38-15-5-2-6-16-38/h1-33H. The monoisotopic (exact) mass is 767 g/mol. The Morgan fingerprint density at radius 3 is 1.53 bits per heavy atom. The van der Waals surface area contributed by atoms with Gasteiger partial charge >= 0.3 is 0 Å². The maximum Gasteiger partial charge on any atom is 0.0811 e. The molecular formula is C55H33N3S. The lowest BCUT2D eigenvalue weighted by atomic mass is 9.91. The summed E-state index contributed by atoms with van der Waals surface area (Å²) in [6, 6.07) is 73.1. The van der Waals surface area contributed by atoms with E-state index in [1.54, 1.807) is 0 Å². The summed E-state index contributed by atoms with van der Waals surface area (Å²) in [4.78, 5) is 7.96. The number of hydrogen-bond acceptors (Lipinski definition) is 2. The molecule has 0 atom stereocenters. The fraction of sp³-hybridized carbons (Fsp3) is 0. The van der Waals surface area contributed by atoms with Gasteiger partial charge in [-0.25, -0.2) is 4.98 Å². The molecule has 4 heteroatoms. The van der Waals surface area contributed by atoms with Gasteiger partial charge in [-0.2, -0.15) is 0 Å². The molecule has 0 bridgehead atoms. The second-order valence-electron chi connectivity index (χ2n) is 15.5. The smallest absolute Gasteiger partial charge is 0.0811 e. The highest BCUT2D eigenvalue weighted by Crippen LogP contribution is 2.52. The zero-order valence-electron chi connectivity index (χ0n) is 31.8. The third kappa shape index (κ3) is 4.81. The number of pyridine rings is 1. The molecule has 274 valence electrons. The first-order chi connectivity index (χ1) is 29.3. The Bertz CT molecular complexity index is 3690. The Balaban J connectivity index is 1.01. The topological polar surface area (TPSA) is 22.8 Å². The molecule has 3 aromatic heterocycles. The van der Waals surface area contributed by atoms with Crippen molar-refractivity contribution in [3.8, 4) is 44.9 Å². The van der Waals surface area contributed by atoms with E-state index in [2.05, 4.69) is 209 Å². The number of benzene rings is 9. The molecule has 13 rings (SSSR count). The normalized spacial score (nSPS) is 12.3. The van der Waals surface area contributed by atoms with E-state index in [1.807, 2.05) is 11.8 Å². The average molecular weight is 768 g/mol. The molecule has 59 heavy (non-hydrogen) atoms. The summed E-state index contributed by atoms with van der Waals surface area (Å²) in [6.07, 6.45) is 0. The van der Waals surface area contributed by atoms with Crippen LogP contribution in [-0.2, 0) is 0 Å². The van der Waals surface area contributed by atoms with Crippen molar-refractivity contribution in [1.29, 1.82) is 0 Å². The van der Waals surface area contributed by atoms with E-state index in [9.17, 15) is 0 Å². The van der Waals surface area contributed by atoms with E-state index in [0.717, 1.165) is 11.2 Å². The second-order valence-corrected chi connectivity index (χ2v) is 16.6. The zero-order valence-corrected chi connectivity index (χ0v) is 32.6. The van der Waals surface area contributed by atoms with Crippen LogP contribution in [0.1, 0.15) is 0 Å². The van der Waals surface area contributed by atoms with Crippen LogP contribution in [0.5, 0.6) is 0 Å². The van der Waals surface area contributed by atoms with Crippen molar-refractivity contribution < 1.29 is 0 Å². The Hall–Kier alpha value is -7.40. The van der Waals surface area contributed by atoms with E-state index in [0.29, 0.717) is 0 Å². The SMILES string of the molecule is c1ccc(-n2c3ccccc3c3cc(-c4ccc5c(c4)-c4nc6ccccc6c6c(-c7ccc8c(c7)c7ccccc7n8-c7ccccc7)ccc(c46)S5)ccc32)cc1. The van der Waals surface area contributed by atoms with Crippen LogP contribution in [-0.4, -0.2) is 14.1 Å². The molecule has 12 aromatic rings. The number of para-hydroxylation sites is 5. The van der Waals surface area contributed by atoms with E-state index >= 15 is 0 Å². The molecule has 1 aliphatic heterocycles. The van der Waals surface area contributed by atoms with E-state index in [-0.39, 0.29) is 0 Å². The molecule has 0 radical (unpaired) electrons. The molecule has 0 spiro atoms. The number of aromatic nitrogens is 3. The molecule has 0 fully saturated rings. The van der Waals surface area contributed by atoms with E-state index < -0.39 is 0 Å². The van der Waals surface area contributed by atoms with E-state index in [1.165, 1.54) is 109 Å². The quantitative estimate of drug-likeness (QED) is 0.166. The van der Waals surface area contributed by atoms with Gasteiger partial charge in [0, 0.05) is 64.4 Å². The zero-order chi connectivity index (χ0) is 38.6. The van der Waals surface area contributed by atoms with Gasteiger partial charge in [-0.1, -0.05) is 127 Å².